The molecule has 0 amide bonds. The maximum Gasteiger partial charge on any atom is 0.310 e. The molecular formula is C9H8N2O6. The third-order valence-electron chi connectivity index (χ3n) is 1.82. The SMILES string of the molecule is CCC(=O)Oc1cc([N+](=O)[O-])cc([N+](=O)[O-])c1. The summed E-state index contributed by atoms with van der Waals surface area (Å²) in [6.45, 7) is 1.54. The lowest BCUT2D eigenvalue weighted by molar-refractivity contribution is -0.394. The molecular weight excluding hydrogens is 232 g/mol. The standard InChI is InChI=1S/C9H8N2O6/c1-2-9(12)17-8-4-6(10(13)14)3-7(5-8)11(15)16/h3-5H,2H2,1H3. The number of benzene rings is 1. The minimum Gasteiger partial charge on any atom is -0.426 e. The highest BCUT2D eigenvalue weighted by Gasteiger charge is 2.18. The van der Waals surface area contributed by atoms with Crippen molar-refractivity contribution < 1.29 is 19.4 Å². The predicted octanol–water partition coefficient (Wildman–Crippen LogP) is 1.82. The van der Waals surface area contributed by atoms with E-state index in [2.05, 4.69) is 0 Å². The lowest BCUT2D eigenvalue weighted by atomic mass is 10.2. The third-order valence-corrected chi connectivity index (χ3v) is 1.82. The normalized spacial score (nSPS) is 9.71. The number of nitrogens with zero attached hydrogens (tertiary/aromatic N) is 2. The van der Waals surface area contributed by atoms with Gasteiger partial charge in [0, 0.05) is 6.42 Å². The van der Waals surface area contributed by atoms with Crippen LogP contribution in [-0.4, -0.2) is 15.8 Å². The van der Waals surface area contributed by atoms with Crippen molar-refractivity contribution in [2.45, 2.75) is 13.3 Å². The molecule has 1 aromatic carbocycles. The van der Waals surface area contributed by atoms with Crippen molar-refractivity contribution in [1.29, 1.82) is 0 Å². The molecule has 0 fully saturated rings. The Bertz CT molecular complexity index is 452. The first-order chi connectivity index (χ1) is 7.93. The van der Waals surface area contributed by atoms with Gasteiger partial charge < -0.3 is 4.74 Å². The summed E-state index contributed by atoms with van der Waals surface area (Å²) in [7, 11) is 0. The van der Waals surface area contributed by atoms with Gasteiger partial charge in [0.05, 0.1) is 28.0 Å². The first kappa shape index (κ1) is 12.6. The van der Waals surface area contributed by atoms with Crippen LogP contribution in [0.25, 0.3) is 0 Å². The van der Waals surface area contributed by atoms with Crippen molar-refractivity contribution in [3.63, 3.8) is 0 Å². The monoisotopic (exact) mass is 240 g/mol. The Hall–Kier alpha value is -2.51. The lowest BCUT2D eigenvalue weighted by Gasteiger charge is -2.02. The van der Waals surface area contributed by atoms with Crippen molar-refractivity contribution in [2.75, 3.05) is 0 Å². The largest absolute Gasteiger partial charge is 0.426 e. The molecule has 0 aliphatic carbocycles. The average molecular weight is 240 g/mol. The van der Waals surface area contributed by atoms with E-state index in [1.807, 2.05) is 0 Å². The number of esters is 1. The number of carbonyl (C=O) groups excluding carboxylic acids is 1. The van der Waals surface area contributed by atoms with Gasteiger partial charge in [-0.25, -0.2) is 0 Å². The van der Waals surface area contributed by atoms with Gasteiger partial charge in [0.25, 0.3) is 11.4 Å². The molecule has 1 aromatic rings. The van der Waals surface area contributed by atoms with Crippen LogP contribution in [0.3, 0.4) is 0 Å². The molecule has 0 spiro atoms. The van der Waals surface area contributed by atoms with E-state index < -0.39 is 27.2 Å². The van der Waals surface area contributed by atoms with E-state index in [1.165, 1.54) is 6.92 Å². The maximum atomic E-state index is 11.0. The molecule has 0 bridgehead atoms. The molecule has 8 heteroatoms. The van der Waals surface area contributed by atoms with Crippen LogP contribution in [0.2, 0.25) is 0 Å². The first-order valence-corrected chi connectivity index (χ1v) is 4.58. The number of rotatable bonds is 4. The van der Waals surface area contributed by atoms with Gasteiger partial charge >= 0.3 is 5.97 Å². The molecule has 0 heterocycles. The molecule has 0 saturated carbocycles. The molecule has 0 aliphatic rings. The molecule has 0 saturated heterocycles. The van der Waals surface area contributed by atoms with E-state index in [1.54, 1.807) is 0 Å². The number of hydrogen-bond donors (Lipinski definition) is 0. The summed E-state index contributed by atoms with van der Waals surface area (Å²) < 4.78 is 4.70. The zero-order valence-electron chi connectivity index (χ0n) is 8.78. The summed E-state index contributed by atoms with van der Waals surface area (Å²) in [5.41, 5.74) is -1.00. The minimum atomic E-state index is -0.795. The summed E-state index contributed by atoms with van der Waals surface area (Å²) in [4.78, 5) is 30.4. The summed E-state index contributed by atoms with van der Waals surface area (Å²) in [6.07, 6.45) is 0.0660. The van der Waals surface area contributed by atoms with Crippen molar-refractivity contribution in [2.24, 2.45) is 0 Å². The fraction of sp³-hybridized carbons (Fsp3) is 0.222. The van der Waals surface area contributed by atoms with Gasteiger partial charge in [-0.15, -0.1) is 0 Å². The van der Waals surface area contributed by atoms with Crippen LogP contribution in [0, 0.1) is 20.2 Å². The summed E-state index contributed by atoms with van der Waals surface area (Å²) >= 11 is 0. The number of ether oxygens (including phenoxy) is 1. The first-order valence-electron chi connectivity index (χ1n) is 4.58. The lowest BCUT2D eigenvalue weighted by Crippen LogP contribution is -2.06. The molecule has 0 N–H and O–H groups in total. The van der Waals surface area contributed by atoms with Crippen LogP contribution < -0.4 is 4.74 Å². The molecule has 0 radical (unpaired) electrons. The summed E-state index contributed by atoms with van der Waals surface area (Å²) in [5.74, 6) is -0.836. The summed E-state index contributed by atoms with van der Waals surface area (Å²) in [6, 6.07) is 2.71. The van der Waals surface area contributed by atoms with E-state index in [9.17, 15) is 25.0 Å². The number of non-ortho nitro benzene ring substituents is 2. The highest BCUT2D eigenvalue weighted by Crippen LogP contribution is 2.27. The molecule has 0 aromatic heterocycles. The van der Waals surface area contributed by atoms with Gasteiger partial charge in [-0.2, -0.15) is 0 Å². The predicted molar refractivity (Wildman–Crippen MR) is 55.7 cm³/mol. The molecule has 90 valence electrons. The van der Waals surface area contributed by atoms with Gasteiger partial charge in [0.1, 0.15) is 5.75 Å². The van der Waals surface area contributed by atoms with Gasteiger partial charge in [-0.1, -0.05) is 6.92 Å². The van der Waals surface area contributed by atoms with E-state index in [-0.39, 0.29) is 12.2 Å². The highest BCUT2D eigenvalue weighted by atomic mass is 16.6. The van der Waals surface area contributed by atoms with E-state index in [0.29, 0.717) is 0 Å². The Labute approximate surface area is 95.1 Å². The van der Waals surface area contributed by atoms with E-state index in [4.69, 9.17) is 4.74 Å². The zero-order chi connectivity index (χ0) is 13.0. The van der Waals surface area contributed by atoms with Crippen LogP contribution in [0.1, 0.15) is 13.3 Å². The molecule has 17 heavy (non-hydrogen) atoms. The smallest absolute Gasteiger partial charge is 0.310 e. The van der Waals surface area contributed by atoms with Crippen molar-refractivity contribution in [3.05, 3.63) is 38.4 Å². The zero-order valence-corrected chi connectivity index (χ0v) is 8.78. The second-order valence-corrected chi connectivity index (χ2v) is 3.03. The maximum absolute atomic E-state index is 11.0. The Morgan fingerprint density at radius 3 is 2.00 bits per heavy atom. The topological polar surface area (TPSA) is 113 Å². The Morgan fingerprint density at radius 2 is 1.65 bits per heavy atom. The number of nitro groups is 2. The Balaban J connectivity index is 3.16. The van der Waals surface area contributed by atoms with Crippen molar-refractivity contribution in [1.82, 2.24) is 0 Å². The van der Waals surface area contributed by atoms with Crippen LogP contribution in [0.4, 0.5) is 11.4 Å². The van der Waals surface area contributed by atoms with Crippen LogP contribution in [-0.2, 0) is 4.79 Å². The van der Waals surface area contributed by atoms with Crippen molar-refractivity contribution in [3.8, 4) is 5.75 Å². The van der Waals surface area contributed by atoms with Crippen molar-refractivity contribution >= 4 is 17.3 Å². The van der Waals surface area contributed by atoms with E-state index >= 15 is 0 Å². The van der Waals surface area contributed by atoms with Gasteiger partial charge in [-0.05, 0) is 0 Å². The second kappa shape index (κ2) is 5.01. The molecule has 0 aliphatic heterocycles. The fourth-order valence-corrected chi connectivity index (χ4v) is 1.04. The Kier molecular flexibility index (Phi) is 3.70. The van der Waals surface area contributed by atoms with Gasteiger partial charge in [0.15, 0.2) is 0 Å². The molecule has 0 atom stereocenters. The highest BCUT2D eigenvalue weighted by molar-refractivity contribution is 5.72. The van der Waals surface area contributed by atoms with Gasteiger partial charge in [0.2, 0.25) is 0 Å². The number of carbonyl (C=O) groups is 1. The van der Waals surface area contributed by atoms with E-state index in [0.717, 1.165) is 18.2 Å². The minimum absolute atomic E-state index is 0.0660. The summed E-state index contributed by atoms with van der Waals surface area (Å²) in [5, 5.41) is 21.1. The van der Waals surface area contributed by atoms with Crippen LogP contribution >= 0.6 is 0 Å². The quantitative estimate of drug-likeness (QED) is 0.343. The molecule has 8 nitrogen and oxygen atoms in total. The second-order valence-electron chi connectivity index (χ2n) is 3.03. The van der Waals surface area contributed by atoms with Crippen LogP contribution in [0.5, 0.6) is 5.75 Å². The average Bonchev–Trinajstić information content (AvgIpc) is 2.28. The molecule has 0 unspecified atom stereocenters. The van der Waals surface area contributed by atoms with Gasteiger partial charge in [-0.3, -0.25) is 25.0 Å². The fourth-order valence-electron chi connectivity index (χ4n) is 1.04. The Morgan fingerprint density at radius 1 is 1.18 bits per heavy atom. The number of nitro benzene ring substituents is 2. The van der Waals surface area contributed by atoms with Crippen LogP contribution in [0.15, 0.2) is 18.2 Å². The third kappa shape index (κ3) is 3.23. The number of hydrogen-bond acceptors (Lipinski definition) is 6. The molecule has 1 rings (SSSR count).